The summed E-state index contributed by atoms with van der Waals surface area (Å²) in [6.07, 6.45) is 3.38. The summed E-state index contributed by atoms with van der Waals surface area (Å²) in [6, 6.07) is 1.90. The number of nitrogens with zero attached hydrogens (tertiary/aromatic N) is 4. The summed E-state index contributed by atoms with van der Waals surface area (Å²) < 4.78 is 0. The van der Waals surface area contributed by atoms with Crippen LogP contribution < -0.4 is 5.32 Å². The van der Waals surface area contributed by atoms with Crippen molar-refractivity contribution in [2.24, 2.45) is 0 Å². The van der Waals surface area contributed by atoms with E-state index in [2.05, 4.69) is 37.4 Å². The van der Waals surface area contributed by atoms with Gasteiger partial charge in [0.1, 0.15) is 23.0 Å². The molecule has 0 radical (unpaired) electrons. The zero-order chi connectivity index (χ0) is 12.1. The molecule has 0 fully saturated rings. The second-order valence-corrected chi connectivity index (χ2v) is 4.41. The number of hydrogen-bond donors (Lipinski definition) is 2. The predicted octanol–water partition coefficient (Wildman–Crippen LogP) is 1.74. The van der Waals surface area contributed by atoms with Crippen molar-refractivity contribution in [3.05, 3.63) is 18.2 Å². The Labute approximate surface area is 104 Å². The molecule has 2 aromatic rings. The first-order chi connectivity index (χ1) is 8.31. The first kappa shape index (κ1) is 11.8. The van der Waals surface area contributed by atoms with Crippen molar-refractivity contribution in [2.45, 2.75) is 29.9 Å². The number of aromatic amines is 1. The molecule has 0 aliphatic carbocycles. The van der Waals surface area contributed by atoms with Gasteiger partial charge in [0.2, 0.25) is 0 Å². The molecular formula is C10H14N6S. The minimum absolute atomic E-state index is 0.730. The molecule has 2 aromatic heterocycles. The summed E-state index contributed by atoms with van der Waals surface area (Å²) in [4.78, 5) is 12.9. The van der Waals surface area contributed by atoms with Crippen LogP contribution in [0.2, 0.25) is 0 Å². The minimum atomic E-state index is 0.730. The van der Waals surface area contributed by atoms with Gasteiger partial charge < -0.3 is 5.32 Å². The number of anilines is 1. The lowest BCUT2D eigenvalue weighted by Crippen LogP contribution is -2.01. The van der Waals surface area contributed by atoms with Crippen LogP contribution in [0.25, 0.3) is 0 Å². The van der Waals surface area contributed by atoms with Crippen LogP contribution in [0.1, 0.15) is 19.2 Å². The van der Waals surface area contributed by atoms with Crippen LogP contribution in [0.5, 0.6) is 0 Å². The van der Waals surface area contributed by atoms with E-state index in [1.165, 1.54) is 18.1 Å². The van der Waals surface area contributed by atoms with Gasteiger partial charge in [-0.15, -0.1) is 0 Å². The van der Waals surface area contributed by atoms with Gasteiger partial charge in [-0.1, -0.05) is 6.92 Å². The van der Waals surface area contributed by atoms with Crippen LogP contribution in [0.3, 0.4) is 0 Å². The first-order valence-corrected chi connectivity index (χ1v) is 6.22. The molecule has 0 atom stereocenters. The largest absolute Gasteiger partial charge is 0.373 e. The molecule has 0 amide bonds. The molecule has 17 heavy (non-hydrogen) atoms. The van der Waals surface area contributed by atoms with Crippen LogP contribution in [0.15, 0.2) is 22.6 Å². The van der Waals surface area contributed by atoms with E-state index in [1.807, 2.05) is 13.1 Å². The van der Waals surface area contributed by atoms with Gasteiger partial charge in [0.25, 0.3) is 0 Å². The summed E-state index contributed by atoms with van der Waals surface area (Å²) in [6.45, 7) is 2.11. The Bertz CT molecular complexity index is 470. The molecule has 6 nitrogen and oxygen atoms in total. The molecule has 0 saturated carbocycles. The van der Waals surface area contributed by atoms with Crippen molar-refractivity contribution in [1.82, 2.24) is 25.1 Å². The second-order valence-electron chi connectivity index (χ2n) is 3.40. The number of rotatable bonds is 5. The van der Waals surface area contributed by atoms with E-state index in [1.54, 1.807) is 0 Å². The highest BCUT2D eigenvalue weighted by Gasteiger charge is 2.06. The molecule has 2 rings (SSSR count). The molecule has 0 unspecified atom stereocenters. The number of aromatic nitrogens is 5. The molecule has 0 spiro atoms. The molecule has 2 N–H and O–H groups in total. The van der Waals surface area contributed by atoms with Crippen molar-refractivity contribution >= 4 is 17.6 Å². The zero-order valence-electron chi connectivity index (χ0n) is 9.77. The molecule has 0 aliphatic rings. The molecule has 0 saturated heterocycles. The Balaban J connectivity index is 2.23. The van der Waals surface area contributed by atoms with Crippen molar-refractivity contribution in [1.29, 1.82) is 0 Å². The maximum Gasteiger partial charge on any atom is 0.189 e. The summed E-state index contributed by atoms with van der Waals surface area (Å²) in [5.74, 6) is 1.67. The third-order valence-electron chi connectivity index (χ3n) is 2.07. The van der Waals surface area contributed by atoms with Gasteiger partial charge in [-0.25, -0.2) is 15.0 Å². The van der Waals surface area contributed by atoms with Gasteiger partial charge in [0.05, 0.1) is 0 Å². The smallest absolute Gasteiger partial charge is 0.189 e. The second kappa shape index (κ2) is 5.62. The number of H-pyrrole nitrogens is 1. The third-order valence-corrected chi connectivity index (χ3v) is 2.88. The molecule has 0 aliphatic heterocycles. The van der Waals surface area contributed by atoms with Gasteiger partial charge in [-0.05, 0) is 18.2 Å². The minimum Gasteiger partial charge on any atom is -0.373 e. The Kier molecular flexibility index (Phi) is 3.92. The average Bonchev–Trinajstić information content (AvgIpc) is 2.82. The van der Waals surface area contributed by atoms with E-state index in [9.17, 15) is 0 Å². The standard InChI is InChI=1S/C10H14N6S/c1-3-4-7-14-8(11-2)5-9(15-7)17-10-12-6-13-16-10/h5-6H,3-4H2,1-2H3,(H,11,14,15)(H,12,13,16). The van der Waals surface area contributed by atoms with Gasteiger partial charge in [-0.2, -0.15) is 5.10 Å². The lowest BCUT2D eigenvalue weighted by atomic mass is 10.3. The van der Waals surface area contributed by atoms with E-state index in [4.69, 9.17) is 0 Å². The summed E-state index contributed by atoms with van der Waals surface area (Å²) in [5, 5.41) is 11.2. The van der Waals surface area contributed by atoms with Crippen molar-refractivity contribution in [3.8, 4) is 0 Å². The van der Waals surface area contributed by atoms with Crippen LogP contribution >= 0.6 is 11.8 Å². The van der Waals surface area contributed by atoms with Gasteiger partial charge in [0, 0.05) is 19.5 Å². The maximum atomic E-state index is 4.47. The van der Waals surface area contributed by atoms with E-state index in [0.717, 1.165) is 34.7 Å². The lowest BCUT2D eigenvalue weighted by molar-refractivity contribution is 0.810. The fraction of sp³-hybridized carbons (Fsp3) is 0.400. The molecule has 2 heterocycles. The Morgan fingerprint density at radius 1 is 1.41 bits per heavy atom. The third kappa shape index (κ3) is 3.16. The first-order valence-electron chi connectivity index (χ1n) is 5.40. The normalized spacial score (nSPS) is 10.5. The molecule has 0 bridgehead atoms. The van der Waals surface area contributed by atoms with E-state index in [0.29, 0.717) is 0 Å². The van der Waals surface area contributed by atoms with Crippen LogP contribution in [-0.4, -0.2) is 32.2 Å². The predicted molar refractivity (Wildman–Crippen MR) is 66.1 cm³/mol. The molecule has 0 aromatic carbocycles. The van der Waals surface area contributed by atoms with E-state index in [-0.39, 0.29) is 0 Å². The SMILES string of the molecule is CCCc1nc(NC)cc(Sc2ncn[nH]2)n1. The fourth-order valence-electron chi connectivity index (χ4n) is 1.33. The topological polar surface area (TPSA) is 79.4 Å². The number of nitrogens with one attached hydrogen (secondary N) is 2. The molecule has 90 valence electrons. The van der Waals surface area contributed by atoms with Crippen molar-refractivity contribution in [3.63, 3.8) is 0 Å². The molecular weight excluding hydrogens is 236 g/mol. The summed E-state index contributed by atoms with van der Waals surface area (Å²) >= 11 is 1.44. The Hall–Kier alpha value is -1.63. The fourth-order valence-corrected chi connectivity index (χ4v) is 2.05. The number of hydrogen-bond acceptors (Lipinski definition) is 6. The number of aryl methyl sites for hydroxylation is 1. The van der Waals surface area contributed by atoms with Crippen molar-refractivity contribution < 1.29 is 0 Å². The van der Waals surface area contributed by atoms with Gasteiger partial charge in [-0.3, -0.25) is 5.10 Å². The highest BCUT2D eigenvalue weighted by atomic mass is 32.2. The Morgan fingerprint density at radius 3 is 2.94 bits per heavy atom. The van der Waals surface area contributed by atoms with Gasteiger partial charge in [0.15, 0.2) is 5.16 Å². The Morgan fingerprint density at radius 2 is 2.29 bits per heavy atom. The van der Waals surface area contributed by atoms with E-state index < -0.39 is 0 Å². The van der Waals surface area contributed by atoms with E-state index >= 15 is 0 Å². The zero-order valence-corrected chi connectivity index (χ0v) is 10.6. The highest BCUT2D eigenvalue weighted by molar-refractivity contribution is 7.99. The summed E-state index contributed by atoms with van der Waals surface area (Å²) in [5.41, 5.74) is 0. The maximum absolute atomic E-state index is 4.47. The van der Waals surface area contributed by atoms with Crippen LogP contribution in [-0.2, 0) is 6.42 Å². The monoisotopic (exact) mass is 250 g/mol. The van der Waals surface area contributed by atoms with Crippen LogP contribution in [0, 0.1) is 0 Å². The quantitative estimate of drug-likeness (QED) is 0.787. The van der Waals surface area contributed by atoms with Crippen molar-refractivity contribution in [2.75, 3.05) is 12.4 Å². The van der Waals surface area contributed by atoms with Crippen LogP contribution in [0.4, 0.5) is 5.82 Å². The summed E-state index contributed by atoms with van der Waals surface area (Å²) in [7, 11) is 1.85. The highest BCUT2D eigenvalue weighted by Crippen LogP contribution is 2.23. The molecule has 7 heteroatoms. The average molecular weight is 250 g/mol. The lowest BCUT2D eigenvalue weighted by Gasteiger charge is -2.05. The van der Waals surface area contributed by atoms with Gasteiger partial charge >= 0.3 is 0 Å².